The third kappa shape index (κ3) is 3.16. The van der Waals surface area contributed by atoms with E-state index in [1.165, 1.54) is 6.42 Å². The van der Waals surface area contributed by atoms with Crippen LogP contribution in [0.4, 0.5) is 0 Å². The molecule has 1 fully saturated rings. The Kier molecular flexibility index (Phi) is 4.47. The molecule has 0 spiro atoms. The van der Waals surface area contributed by atoms with Crippen molar-refractivity contribution in [1.29, 1.82) is 0 Å². The lowest BCUT2D eigenvalue weighted by Gasteiger charge is -2.32. The lowest BCUT2D eigenvalue weighted by atomic mass is 10.0. The first-order valence-corrected chi connectivity index (χ1v) is 7.81. The molecule has 2 heterocycles. The number of hydrogen-bond acceptors (Lipinski definition) is 3. The molecular weight excluding hydrogens is 278 g/mol. The number of carbonyl (C=O) groups excluding carboxylic acids is 1. The quantitative estimate of drug-likeness (QED) is 0.860. The first-order valence-electron chi connectivity index (χ1n) is 7.81. The summed E-state index contributed by atoms with van der Waals surface area (Å²) in [6, 6.07) is 11.7. The molecule has 4 nitrogen and oxygen atoms in total. The smallest absolute Gasteiger partial charge is 0.290 e. The average Bonchev–Trinajstić information content (AvgIpc) is 3.02. The fraction of sp³-hybridized carbons (Fsp3) is 0.389. The molecule has 1 aliphatic rings. The maximum atomic E-state index is 12.7. The second kappa shape index (κ2) is 6.69. The standard InChI is InChI=1S/C18H21NO3/c1-14-7-5-6-11-19(14)18(20)17-15(10-12-21-17)13-22-16-8-3-2-4-9-16/h2-4,8-10,12,14H,5-7,11,13H2,1H3. The van der Waals surface area contributed by atoms with Crippen LogP contribution in [0.3, 0.4) is 0 Å². The summed E-state index contributed by atoms with van der Waals surface area (Å²) in [5, 5.41) is 0. The third-order valence-electron chi connectivity index (χ3n) is 4.14. The number of furan rings is 1. The molecule has 0 saturated carbocycles. The van der Waals surface area contributed by atoms with Gasteiger partial charge < -0.3 is 14.1 Å². The number of benzene rings is 1. The van der Waals surface area contributed by atoms with Crippen molar-refractivity contribution in [2.24, 2.45) is 0 Å². The highest BCUT2D eigenvalue weighted by atomic mass is 16.5. The molecule has 1 aliphatic heterocycles. The zero-order valence-corrected chi connectivity index (χ0v) is 12.8. The minimum absolute atomic E-state index is 0.0242. The molecule has 0 aliphatic carbocycles. The highest BCUT2D eigenvalue weighted by molar-refractivity contribution is 5.93. The van der Waals surface area contributed by atoms with E-state index in [0.717, 1.165) is 30.7 Å². The first kappa shape index (κ1) is 14.7. The van der Waals surface area contributed by atoms with Crippen LogP contribution in [0.15, 0.2) is 47.1 Å². The topological polar surface area (TPSA) is 42.7 Å². The number of ether oxygens (including phenoxy) is 1. The van der Waals surface area contributed by atoms with E-state index in [-0.39, 0.29) is 11.9 Å². The minimum atomic E-state index is -0.0242. The summed E-state index contributed by atoms with van der Waals surface area (Å²) in [6.45, 7) is 3.24. The van der Waals surface area contributed by atoms with Crippen LogP contribution in [0.5, 0.6) is 5.75 Å². The Morgan fingerprint density at radius 2 is 2.09 bits per heavy atom. The van der Waals surface area contributed by atoms with E-state index in [1.54, 1.807) is 6.26 Å². The second-order valence-corrected chi connectivity index (χ2v) is 5.72. The Balaban J connectivity index is 1.70. The highest BCUT2D eigenvalue weighted by Gasteiger charge is 2.28. The Morgan fingerprint density at radius 3 is 2.86 bits per heavy atom. The molecule has 0 N–H and O–H groups in total. The number of nitrogens with zero attached hydrogens (tertiary/aromatic N) is 1. The van der Waals surface area contributed by atoms with Crippen LogP contribution in [0.2, 0.25) is 0 Å². The van der Waals surface area contributed by atoms with Gasteiger partial charge in [-0.2, -0.15) is 0 Å². The maximum Gasteiger partial charge on any atom is 0.290 e. The summed E-state index contributed by atoms with van der Waals surface area (Å²) in [5.41, 5.74) is 0.798. The van der Waals surface area contributed by atoms with Gasteiger partial charge in [-0.1, -0.05) is 18.2 Å². The van der Waals surface area contributed by atoms with Crippen LogP contribution in [-0.4, -0.2) is 23.4 Å². The summed E-state index contributed by atoms with van der Waals surface area (Å²) in [4.78, 5) is 14.6. The number of rotatable bonds is 4. The van der Waals surface area contributed by atoms with E-state index in [2.05, 4.69) is 6.92 Å². The van der Waals surface area contributed by atoms with Crippen molar-refractivity contribution in [3.63, 3.8) is 0 Å². The van der Waals surface area contributed by atoms with Crippen LogP contribution < -0.4 is 4.74 Å². The van der Waals surface area contributed by atoms with Crippen LogP contribution in [0, 0.1) is 0 Å². The predicted molar refractivity (Wildman–Crippen MR) is 83.8 cm³/mol. The third-order valence-corrected chi connectivity index (χ3v) is 4.14. The molecule has 1 aromatic heterocycles. The predicted octanol–water partition coefficient (Wildman–Crippen LogP) is 3.87. The van der Waals surface area contributed by atoms with Gasteiger partial charge in [-0.25, -0.2) is 0 Å². The number of carbonyl (C=O) groups is 1. The van der Waals surface area contributed by atoms with Gasteiger partial charge in [0.15, 0.2) is 5.76 Å². The fourth-order valence-electron chi connectivity index (χ4n) is 2.85. The van der Waals surface area contributed by atoms with Crippen molar-refractivity contribution in [2.75, 3.05) is 6.54 Å². The molecule has 4 heteroatoms. The zero-order valence-electron chi connectivity index (χ0n) is 12.8. The molecule has 116 valence electrons. The van der Waals surface area contributed by atoms with E-state index >= 15 is 0 Å². The maximum absolute atomic E-state index is 12.7. The van der Waals surface area contributed by atoms with Crippen LogP contribution in [0.25, 0.3) is 0 Å². The lowest BCUT2D eigenvalue weighted by Crippen LogP contribution is -2.42. The van der Waals surface area contributed by atoms with Gasteiger partial charge in [0.1, 0.15) is 12.4 Å². The monoisotopic (exact) mass is 299 g/mol. The number of hydrogen-bond donors (Lipinski definition) is 0. The number of amides is 1. The van der Waals surface area contributed by atoms with Crippen molar-refractivity contribution in [1.82, 2.24) is 4.90 Å². The molecule has 1 saturated heterocycles. The van der Waals surface area contributed by atoms with Crippen molar-refractivity contribution in [3.05, 3.63) is 54.0 Å². The van der Waals surface area contributed by atoms with E-state index < -0.39 is 0 Å². The van der Waals surface area contributed by atoms with Gasteiger partial charge in [0.05, 0.1) is 6.26 Å². The molecule has 1 unspecified atom stereocenters. The van der Waals surface area contributed by atoms with Gasteiger partial charge in [0.2, 0.25) is 0 Å². The van der Waals surface area contributed by atoms with E-state index in [0.29, 0.717) is 12.4 Å². The molecule has 0 bridgehead atoms. The Hall–Kier alpha value is -2.23. The SMILES string of the molecule is CC1CCCCN1C(=O)c1occc1COc1ccccc1. The summed E-state index contributed by atoms with van der Waals surface area (Å²) in [5.74, 6) is 1.17. The van der Waals surface area contributed by atoms with Crippen molar-refractivity contribution < 1.29 is 13.9 Å². The van der Waals surface area contributed by atoms with Gasteiger partial charge in [-0.05, 0) is 44.4 Å². The van der Waals surface area contributed by atoms with E-state index in [9.17, 15) is 4.79 Å². The number of likely N-dealkylation sites (tertiary alicyclic amines) is 1. The highest BCUT2D eigenvalue weighted by Crippen LogP contribution is 2.22. The molecular formula is C18H21NO3. The molecule has 0 radical (unpaired) electrons. The molecule has 22 heavy (non-hydrogen) atoms. The summed E-state index contributed by atoms with van der Waals surface area (Å²) in [6.07, 6.45) is 4.87. The van der Waals surface area contributed by atoms with E-state index in [4.69, 9.17) is 9.15 Å². The largest absolute Gasteiger partial charge is 0.489 e. The van der Waals surface area contributed by atoms with Gasteiger partial charge in [-0.3, -0.25) is 4.79 Å². The Morgan fingerprint density at radius 1 is 1.27 bits per heavy atom. The van der Waals surface area contributed by atoms with Gasteiger partial charge >= 0.3 is 0 Å². The Bertz CT molecular complexity index is 620. The fourth-order valence-corrected chi connectivity index (χ4v) is 2.85. The number of para-hydroxylation sites is 1. The van der Waals surface area contributed by atoms with Crippen LogP contribution >= 0.6 is 0 Å². The molecule has 1 amide bonds. The second-order valence-electron chi connectivity index (χ2n) is 5.72. The molecule has 2 aromatic rings. The summed E-state index contributed by atoms with van der Waals surface area (Å²) >= 11 is 0. The summed E-state index contributed by atoms with van der Waals surface area (Å²) < 4.78 is 11.2. The van der Waals surface area contributed by atoms with Crippen LogP contribution in [-0.2, 0) is 6.61 Å². The molecule has 3 rings (SSSR count). The van der Waals surface area contributed by atoms with Crippen molar-refractivity contribution in [3.8, 4) is 5.75 Å². The van der Waals surface area contributed by atoms with Gasteiger partial charge in [-0.15, -0.1) is 0 Å². The van der Waals surface area contributed by atoms with Crippen molar-refractivity contribution in [2.45, 2.75) is 38.8 Å². The zero-order chi connectivity index (χ0) is 15.4. The average molecular weight is 299 g/mol. The van der Waals surface area contributed by atoms with Gasteiger partial charge in [0, 0.05) is 18.2 Å². The van der Waals surface area contributed by atoms with E-state index in [1.807, 2.05) is 41.3 Å². The Labute approximate surface area is 130 Å². The van der Waals surface area contributed by atoms with Crippen LogP contribution in [0.1, 0.15) is 42.3 Å². The molecule has 1 atom stereocenters. The summed E-state index contributed by atoms with van der Waals surface area (Å²) in [7, 11) is 0. The lowest BCUT2D eigenvalue weighted by molar-refractivity contribution is 0.0599. The number of piperidine rings is 1. The molecule has 1 aromatic carbocycles. The van der Waals surface area contributed by atoms with Gasteiger partial charge in [0.25, 0.3) is 5.91 Å². The normalized spacial score (nSPS) is 18.2. The van der Waals surface area contributed by atoms with Crippen molar-refractivity contribution >= 4 is 5.91 Å². The minimum Gasteiger partial charge on any atom is -0.489 e. The first-order chi connectivity index (χ1) is 10.8.